The minimum Gasteiger partial charge on any atom is -0.550 e. The Labute approximate surface area is 217 Å². The van der Waals surface area contributed by atoms with Crippen LogP contribution in [0, 0.1) is 6.92 Å². The molecule has 0 spiro atoms. The summed E-state index contributed by atoms with van der Waals surface area (Å²) in [5.74, 6) is 0.434. The molecule has 0 aliphatic heterocycles. The van der Waals surface area contributed by atoms with Crippen molar-refractivity contribution in [1.29, 1.82) is 0 Å². The van der Waals surface area contributed by atoms with Crippen LogP contribution < -0.4 is 61.2 Å². The molecule has 1 aromatic heterocycles. The molecule has 0 amide bonds. The number of carbonyl (C=O) groups is 1. The Bertz CT molecular complexity index is 1170. The van der Waals surface area contributed by atoms with E-state index in [0.29, 0.717) is 18.9 Å². The zero-order chi connectivity index (χ0) is 20.2. The molecule has 0 aliphatic rings. The third-order valence-corrected chi connectivity index (χ3v) is 4.97. The number of carbonyl (C=O) groups excluding carboxylic acids is 1. The molecule has 4 aromatic rings. The minimum atomic E-state index is -0.993. The Morgan fingerprint density at radius 2 is 1.83 bits per heavy atom. The van der Waals surface area contributed by atoms with Crippen LogP contribution in [-0.4, -0.2) is 17.6 Å². The van der Waals surface area contributed by atoms with Crippen LogP contribution in [0.3, 0.4) is 0 Å². The largest absolute Gasteiger partial charge is 1.00 e. The molecule has 30 heavy (non-hydrogen) atoms. The Morgan fingerprint density at radius 3 is 2.63 bits per heavy atom. The summed E-state index contributed by atoms with van der Waals surface area (Å²) >= 11 is 0. The van der Waals surface area contributed by atoms with E-state index in [1.54, 1.807) is 0 Å². The van der Waals surface area contributed by atoms with Gasteiger partial charge in [-0.3, -0.25) is 0 Å². The van der Waals surface area contributed by atoms with Gasteiger partial charge in [0.25, 0.3) is 0 Å². The molecule has 0 radical (unpaired) electrons. The maximum Gasteiger partial charge on any atom is 1.00 e. The van der Waals surface area contributed by atoms with Crippen molar-refractivity contribution in [2.45, 2.75) is 32.6 Å². The van der Waals surface area contributed by atoms with Crippen molar-refractivity contribution in [1.82, 2.24) is 4.98 Å². The van der Waals surface area contributed by atoms with Crippen molar-refractivity contribution in [2.75, 3.05) is 6.61 Å². The summed E-state index contributed by atoms with van der Waals surface area (Å²) in [5.41, 5.74) is 3.73. The predicted molar refractivity (Wildman–Crippen MR) is 111 cm³/mol. The van der Waals surface area contributed by atoms with Gasteiger partial charge in [0.1, 0.15) is 11.3 Å². The molecule has 148 valence electrons. The summed E-state index contributed by atoms with van der Waals surface area (Å²) < 4.78 is 11.7. The molecule has 0 N–H and O–H groups in total. The van der Waals surface area contributed by atoms with Gasteiger partial charge < -0.3 is 19.1 Å². The quantitative estimate of drug-likeness (QED) is 0.316. The first-order valence-electron chi connectivity index (χ1n) is 9.83. The number of hydrogen-bond acceptors (Lipinski definition) is 5. The van der Waals surface area contributed by atoms with Crippen LogP contribution in [0.25, 0.3) is 33.3 Å². The zero-order valence-electron chi connectivity index (χ0n) is 17.3. The Morgan fingerprint density at radius 1 is 1.03 bits per heavy atom. The van der Waals surface area contributed by atoms with E-state index in [1.807, 2.05) is 55.5 Å². The number of nitrogens with zero attached hydrogens (tertiary/aromatic N) is 1. The zero-order valence-corrected chi connectivity index (χ0v) is 20.4. The second-order valence-electron chi connectivity index (χ2n) is 7.20. The fourth-order valence-corrected chi connectivity index (χ4v) is 3.39. The number of carboxylic acid groups (broad SMARTS) is 1. The van der Waals surface area contributed by atoms with Crippen LogP contribution in [0.15, 0.2) is 59.0 Å². The minimum absolute atomic E-state index is 0. The first kappa shape index (κ1) is 23.0. The van der Waals surface area contributed by atoms with E-state index in [4.69, 9.17) is 9.15 Å². The number of hydrogen-bond donors (Lipinski definition) is 0. The van der Waals surface area contributed by atoms with Gasteiger partial charge in [-0.15, -0.1) is 0 Å². The summed E-state index contributed by atoms with van der Waals surface area (Å²) in [6.45, 7) is 2.60. The summed E-state index contributed by atoms with van der Waals surface area (Å²) in [4.78, 5) is 15.1. The Kier molecular flexibility index (Phi) is 8.08. The van der Waals surface area contributed by atoms with Gasteiger partial charge in [-0.25, -0.2) is 4.98 Å². The van der Waals surface area contributed by atoms with Crippen LogP contribution in [0.5, 0.6) is 5.75 Å². The monoisotopic (exact) mass is 427 g/mol. The van der Waals surface area contributed by atoms with Gasteiger partial charge >= 0.3 is 51.4 Å². The number of unbranched alkanes of at least 4 members (excludes halogenated alkanes) is 2. The SMILES string of the molecule is Cc1cccc2oc(-c3ccc4cc(OCCCCCC(=O)[O-])ccc4c3)nc12.[K+]. The van der Waals surface area contributed by atoms with Crippen LogP contribution in [-0.2, 0) is 4.79 Å². The molecular formula is C24H22KNO4. The number of aliphatic carboxylic acids is 1. The number of oxazole rings is 1. The second-order valence-corrected chi connectivity index (χ2v) is 7.20. The second kappa shape index (κ2) is 10.6. The molecule has 3 aromatic carbocycles. The van der Waals surface area contributed by atoms with E-state index in [1.165, 1.54) is 0 Å². The molecule has 0 aliphatic carbocycles. The molecule has 0 saturated heterocycles. The van der Waals surface area contributed by atoms with Crippen molar-refractivity contribution in [3.05, 3.63) is 60.2 Å². The molecule has 5 nitrogen and oxygen atoms in total. The third-order valence-electron chi connectivity index (χ3n) is 4.97. The number of rotatable bonds is 8. The molecule has 0 fully saturated rings. The molecule has 0 unspecified atom stereocenters. The summed E-state index contributed by atoms with van der Waals surface area (Å²) in [6, 6.07) is 18.0. The van der Waals surface area contributed by atoms with Crippen LogP contribution in [0.1, 0.15) is 31.2 Å². The predicted octanol–water partition coefficient (Wildman–Crippen LogP) is 1.65. The van der Waals surface area contributed by atoms with E-state index >= 15 is 0 Å². The number of ether oxygens (including phenoxy) is 1. The van der Waals surface area contributed by atoms with Crippen molar-refractivity contribution >= 4 is 27.8 Å². The van der Waals surface area contributed by atoms with E-state index in [9.17, 15) is 9.90 Å². The van der Waals surface area contributed by atoms with Crippen LogP contribution in [0.2, 0.25) is 0 Å². The van der Waals surface area contributed by atoms with Gasteiger partial charge in [-0.2, -0.15) is 0 Å². The number of fused-ring (bicyclic) bond motifs is 2. The first-order chi connectivity index (χ1) is 14.1. The van der Waals surface area contributed by atoms with Crippen molar-refractivity contribution < 1.29 is 70.4 Å². The molecule has 0 saturated carbocycles. The fraction of sp³-hybridized carbons (Fsp3) is 0.250. The average Bonchev–Trinajstić information content (AvgIpc) is 3.16. The average molecular weight is 428 g/mol. The third kappa shape index (κ3) is 5.50. The van der Waals surface area contributed by atoms with E-state index in [0.717, 1.165) is 51.6 Å². The smallest absolute Gasteiger partial charge is 0.550 e. The van der Waals surface area contributed by atoms with Gasteiger partial charge in [0, 0.05) is 11.5 Å². The number of carboxylic acids is 1. The molecular weight excluding hydrogens is 405 g/mol. The molecule has 0 bridgehead atoms. The van der Waals surface area contributed by atoms with Crippen molar-refractivity contribution in [3.8, 4) is 17.2 Å². The first-order valence-corrected chi connectivity index (χ1v) is 9.83. The number of benzene rings is 3. The van der Waals surface area contributed by atoms with Gasteiger partial charge in [0.15, 0.2) is 5.58 Å². The number of aromatic nitrogens is 1. The van der Waals surface area contributed by atoms with Gasteiger partial charge in [0.05, 0.1) is 6.61 Å². The van der Waals surface area contributed by atoms with Crippen LogP contribution in [0.4, 0.5) is 0 Å². The van der Waals surface area contributed by atoms with E-state index in [2.05, 4.69) is 11.1 Å². The Hall–Kier alpha value is -1.70. The topological polar surface area (TPSA) is 75.4 Å². The van der Waals surface area contributed by atoms with Gasteiger partial charge in [-0.05, 0) is 79.3 Å². The molecule has 0 atom stereocenters. The molecule has 1 heterocycles. The van der Waals surface area contributed by atoms with Crippen molar-refractivity contribution in [2.24, 2.45) is 0 Å². The van der Waals surface area contributed by atoms with Crippen molar-refractivity contribution in [3.63, 3.8) is 0 Å². The Balaban J connectivity index is 0.00000256. The van der Waals surface area contributed by atoms with E-state index in [-0.39, 0.29) is 57.8 Å². The van der Waals surface area contributed by atoms with E-state index < -0.39 is 5.97 Å². The number of para-hydroxylation sites is 1. The number of aryl methyl sites for hydroxylation is 1. The summed E-state index contributed by atoms with van der Waals surface area (Å²) in [6.07, 6.45) is 2.37. The molecule has 6 heteroatoms. The summed E-state index contributed by atoms with van der Waals surface area (Å²) in [7, 11) is 0. The van der Waals surface area contributed by atoms with Crippen LogP contribution >= 0.6 is 0 Å². The van der Waals surface area contributed by atoms with Gasteiger partial charge in [-0.1, -0.05) is 24.3 Å². The maximum absolute atomic E-state index is 10.4. The summed E-state index contributed by atoms with van der Waals surface area (Å²) in [5, 5.41) is 12.6. The standard InChI is InChI=1S/C24H23NO4.K/c1-16-6-5-7-21-23(16)25-24(29-21)19-10-9-18-15-20(12-11-17(18)14-19)28-13-4-2-3-8-22(26)27;/h5-7,9-12,14-15H,2-4,8,13H2,1H3,(H,26,27);/q;+1/p-1. The fourth-order valence-electron chi connectivity index (χ4n) is 3.39. The van der Waals surface area contributed by atoms with Gasteiger partial charge in [0.2, 0.25) is 5.89 Å². The maximum atomic E-state index is 10.4. The molecule has 4 rings (SSSR count). The normalized spacial score (nSPS) is 10.8.